The van der Waals surface area contributed by atoms with E-state index in [2.05, 4.69) is 15.4 Å². The van der Waals surface area contributed by atoms with Crippen LogP contribution in [0.25, 0.3) is 4.96 Å². The number of hydrogen-bond acceptors (Lipinski definition) is 4. The van der Waals surface area contributed by atoms with Gasteiger partial charge in [-0.3, -0.25) is 4.79 Å². The third kappa shape index (κ3) is 1.74. The van der Waals surface area contributed by atoms with E-state index < -0.39 is 0 Å². The summed E-state index contributed by atoms with van der Waals surface area (Å²) in [5.41, 5.74) is 0.832. The smallest absolute Gasteiger partial charge is 0.217 e. The molecule has 1 amide bonds. The molecular formula is C8H10N4OS. The Morgan fingerprint density at radius 3 is 3.14 bits per heavy atom. The average Bonchev–Trinajstić information content (AvgIpc) is 2.57. The van der Waals surface area contributed by atoms with Gasteiger partial charge in [-0.2, -0.15) is 5.10 Å². The first-order chi connectivity index (χ1) is 6.65. The predicted octanol–water partition coefficient (Wildman–Crippen LogP) is 0.735. The molecule has 0 fully saturated rings. The molecule has 0 aliphatic rings. The van der Waals surface area contributed by atoms with Gasteiger partial charge < -0.3 is 5.32 Å². The van der Waals surface area contributed by atoms with Crippen LogP contribution in [0, 0.1) is 6.92 Å². The molecule has 0 saturated carbocycles. The molecule has 1 N–H and O–H groups in total. The Morgan fingerprint density at radius 1 is 1.71 bits per heavy atom. The molecule has 74 valence electrons. The average molecular weight is 210 g/mol. The first kappa shape index (κ1) is 9.14. The Labute approximate surface area is 84.8 Å². The Morgan fingerprint density at radius 2 is 2.50 bits per heavy atom. The number of fused-ring (bicyclic) bond motifs is 1. The van der Waals surface area contributed by atoms with Crippen molar-refractivity contribution in [2.45, 2.75) is 20.4 Å². The molecule has 0 bridgehead atoms. The van der Waals surface area contributed by atoms with Crippen molar-refractivity contribution in [3.8, 4) is 0 Å². The highest BCUT2D eigenvalue weighted by Crippen LogP contribution is 2.13. The normalized spacial score (nSPS) is 10.7. The molecule has 2 rings (SSSR count). The van der Waals surface area contributed by atoms with Crippen molar-refractivity contribution >= 4 is 22.2 Å². The number of aryl methyl sites for hydroxylation is 1. The van der Waals surface area contributed by atoms with Crippen LogP contribution in [0.15, 0.2) is 6.20 Å². The maximum atomic E-state index is 10.7. The number of nitrogens with one attached hydrogen (secondary N) is 1. The summed E-state index contributed by atoms with van der Waals surface area (Å²) in [7, 11) is 0. The molecule has 0 atom stereocenters. The van der Waals surface area contributed by atoms with Gasteiger partial charge in [0, 0.05) is 6.92 Å². The van der Waals surface area contributed by atoms with E-state index in [9.17, 15) is 4.79 Å². The Bertz CT molecular complexity index is 441. The number of aromatic nitrogens is 3. The number of carbonyl (C=O) groups excluding carboxylic acids is 1. The highest BCUT2D eigenvalue weighted by Gasteiger charge is 2.05. The van der Waals surface area contributed by atoms with E-state index in [-0.39, 0.29) is 5.91 Å². The van der Waals surface area contributed by atoms with Crippen LogP contribution in [0.1, 0.15) is 17.6 Å². The van der Waals surface area contributed by atoms with Crippen molar-refractivity contribution < 1.29 is 4.79 Å². The number of imidazole rings is 1. The SMILES string of the molecule is CC(=O)NCc1cn2nc(C)sc2n1. The second-order valence-electron chi connectivity index (χ2n) is 2.99. The van der Waals surface area contributed by atoms with Gasteiger partial charge in [-0.25, -0.2) is 9.50 Å². The fourth-order valence-electron chi connectivity index (χ4n) is 1.14. The number of rotatable bonds is 2. The molecule has 0 aliphatic heterocycles. The zero-order valence-corrected chi connectivity index (χ0v) is 8.76. The summed E-state index contributed by atoms with van der Waals surface area (Å²) in [4.78, 5) is 15.8. The van der Waals surface area contributed by atoms with Gasteiger partial charge in [-0.15, -0.1) is 0 Å². The summed E-state index contributed by atoms with van der Waals surface area (Å²) in [6.07, 6.45) is 1.83. The molecule has 5 nitrogen and oxygen atoms in total. The molecular weight excluding hydrogens is 200 g/mol. The van der Waals surface area contributed by atoms with Crippen LogP contribution in [0.4, 0.5) is 0 Å². The Kier molecular flexibility index (Phi) is 2.20. The van der Waals surface area contributed by atoms with E-state index in [0.717, 1.165) is 15.7 Å². The molecule has 14 heavy (non-hydrogen) atoms. The number of amides is 1. The van der Waals surface area contributed by atoms with E-state index in [0.29, 0.717) is 6.54 Å². The number of hydrogen-bond donors (Lipinski definition) is 1. The van der Waals surface area contributed by atoms with Crippen LogP contribution in [0.2, 0.25) is 0 Å². The third-order valence-electron chi connectivity index (χ3n) is 1.71. The largest absolute Gasteiger partial charge is 0.351 e. The van der Waals surface area contributed by atoms with Gasteiger partial charge in [0.15, 0.2) is 0 Å². The maximum absolute atomic E-state index is 10.7. The Balaban J connectivity index is 2.19. The molecule has 2 aromatic heterocycles. The maximum Gasteiger partial charge on any atom is 0.217 e. The minimum absolute atomic E-state index is 0.0505. The van der Waals surface area contributed by atoms with Crippen LogP contribution in [0.5, 0.6) is 0 Å². The lowest BCUT2D eigenvalue weighted by molar-refractivity contribution is -0.119. The predicted molar refractivity (Wildman–Crippen MR) is 53.1 cm³/mol. The molecule has 0 saturated heterocycles. The summed E-state index contributed by atoms with van der Waals surface area (Å²) in [5, 5.41) is 7.89. The molecule has 0 aliphatic carbocycles. The lowest BCUT2D eigenvalue weighted by atomic mass is 10.5. The van der Waals surface area contributed by atoms with Crippen molar-refractivity contribution in [2.75, 3.05) is 0 Å². The molecule has 0 unspecified atom stereocenters. The van der Waals surface area contributed by atoms with E-state index in [1.165, 1.54) is 18.3 Å². The summed E-state index contributed by atoms with van der Waals surface area (Å²) in [5.74, 6) is -0.0505. The molecule has 0 radical (unpaired) electrons. The third-order valence-corrected chi connectivity index (χ3v) is 2.55. The summed E-state index contributed by atoms with van der Waals surface area (Å²) in [6.45, 7) is 3.89. The number of nitrogens with zero attached hydrogens (tertiary/aromatic N) is 3. The van der Waals surface area contributed by atoms with Crippen LogP contribution in [-0.4, -0.2) is 20.5 Å². The van der Waals surface area contributed by atoms with Gasteiger partial charge in [0.25, 0.3) is 0 Å². The first-order valence-electron chi connectivity index (χ1n) is 4.21. The van der Waals surface area contributed by atoms with E-state index in [4.69, 9.17) is 0 Å². The first-order valence-corrected chi connectivity index (χ1v) is 5.03. The van der Waals surface area contributed by atoms with Gasteiger partial charge in [0.05, 0.1) is 18.4 Å². The zero-order valence-electron chi connectivity index (χ0n) is 7.94. The summed E-state index contributed by atoms with van der Waals surface area (Å²) in [6, 6.07) is 0. The van der Waals surface area contributed by atoms with Crippen LogP contribution in [-0.2, 0) is 11.3 Å². The van der Waals surface area contributed by atoms with Crippen LogP contribution in [0.3, 0.4) is 0 Å². The second-order valence-corrected chi connectivity index (χ2v) is 4.15. The van der Waals surface area contributed by atoms with Gasteiger partial charge in [0.2, 0.25) is 10.9 Å². The summed E-state index contributed by atoms with van der Waals surface area (Å²) >= 11 is 1.54. The Hall–Kier alpha value is -1.43. The quantitative estimate of drug-likeness (QED) is 0.795. The fourth-order valence-corrected chi connectivity index (χ4v) is 1.89. The highest BCUT2D eigenvalue weighted by atomic mass is 32.1. The zero-order chi connectivity index (χ0) is 10.1. The van der Waals surface area contributed by atoms with Crippen molar-refractivity contribution in [2.24, 2.45) is 0 Å². The van der Waals surface area contributed by atoms with E-state index in [1.54, 1.807) is 4.52 Å². The van der Waals surface area contributed by atoms with Crippen molar-refractivity contribution in [3.63, 3.8) is 0 Å². The topological polar surface area (TPSA) is 59.3 Å². The minimum atomic E-state index is -0.0505. The van der Waals surface area contributed by atoms with Gasteiger partial charge in [-0.05, 0) is 6.92 Å². The van der Waals surface area contributed by atoms with Crippen LogP contribution < -0.4 is 5.32 Å². The van der Waals surface area contributed by atoms with Gasteiger partial charge in [0.1, 0.15) is 5.01 Å². The standard InChI is InChI=1S/C8H10N4OS/c1-5(13)9-3-7-4-12-8(10-7)14-6(2)11-12/h4H,3H2,1-2H3,(H,9,13). The molecule has 2 heterocycles. The number of carbonyl (C=O) groups is 1. The monoisotopic (exact) mass is 210 g/mol. The van der Waals surface area contributed by atoms with E-state index >= 15 is 0 Å². The van der Waals surface area contributed by atoms with E-state index in [1.807, 2.05) is 13.1 Å². The lowest BCUT2D eigenvalue weighted by Crippen LogP contribution is -2.18. The van der Waals surface area contributed by atoms with Crippen molar-refractivity contribution in [3.05, 3.63) is 16.9 Å². The van der Waals surface area contributed by atoms with Gasteiger partial charge in [-0.1, -0.05) is 11.3 Å². The van der Waals surface area contributed by atoms with Crippen LogP contribution >= 0.6 is 11.3 Å². The fraction of sp³-hybridized carbons (Fsp3) is 0.375. The minimum Gasteiger partial charge on any atom is -0.351 e. The molecule has 0 aromatic carbocycles. The molecule has 2 aromatic rings. The molecule has 0 spiro atoms. The molecule has 6 heteroatoms. The van der Waals surface area contributed by atoms with Crippen molar-refractivity contribution in [1.82, 2.24) is 19.9 Å². The highest BCUT2D eigenvalue weighted by molar-refractivity contribution is 7.16. The summed E-state index contributed by atoms with van der Waals surface area (Å²) < 4.78 is 1.73. The second kappa shape index (κ2) is 3.38. The lowest BCUT2D eigenvalue weighted by Gasteiger charge is -1.95. The van der Waals surface area contributed by atoms with Gasteiger partial charge >= 0.3 is 0 Å². The van der Waals surface area contributed by atoms with Crippen molar-refractivity contribution in [1.29, 1.82) is 0 Å².